The summed E-state index contributed by atoms with van der Waals surface area (Å²) in [5, 5.41) is 2.61. The van der Waals surface area contributed by atoms with Crippen molar-refractivity contribution in [2.24, 2.45) is 4.99 Å². The Labute approximate surface area is 168 Å². The second kappa shape index (κ2) is 7.63. The summed E-state index contributed by atoms with van der Waals surface area (Å²) in [6, 6.07) is 9.26. The second-order valence-corrected chi connectivity index (χ2v) is 8.34. The van der Waals surface area contributed by atoms with Gasteiger partial charge in [-0.2, -0.15) is 18.2 Å². The lowest BCUT2D eigenvalue weighted by atomic mass is 10.1. The molecule has 1 saturated heterocycles. The molecule has 0 aliphatic carbocycles. The fourth-order valence-electron chi connectivity index (χ4n) is 3.07. The van der Waals surface area contributed by atoms with E-state index in [-0.39, 0.29) is 5.91 Å². The van der Waals surface area contributed by atoms with Crippen LogP contribution in [0.3, 0.4) is 0 Å². The molecule has 1 fully saturated rings. The summed E-state index contributed by atoms with van der Waals surface area (Å²) >= 11 is 2.91. The molecule has 0 unspecified atom stereocenters. The van der Waals surface area contributed by atoms with E-state index in [1.165, 1.54) is 23.9 Å². The molecule has 28 heavy (non-hydrogen) atoms. The number of alkyl halides is 3. The summed E-state index contributed by atoms with van der Waals surface area (Å²) in [6.07, 6.45) is -2.51. The molecule has 4 nitrogen and oxygen atoms in total. The van der Waals surface area contributed by atoms with Gasteiger partial charge in [-0.1, -0.05) is 12.1 Å². The zero-order valence-electron chi connectivity index (χ0n) is 14.6. The lowest BCUT2D eigenvalue weighted by Crippen LogP contribution is -2.47. The average Bonchev–Trinajstić information content (AvgIpc) is 3.32. The standard InChI is InChI=1S/C19H16F3N3OS2/c20-19(21,22)13-3-1-4-14(11-13)24-6-8-25(9-7-24)18-23-17(26)16(28-18)12-15-5-2-10-27-15/h1-5,10-12H,6-9H2. The highest BCUT2D eigenvalue weighted by atomic mass is 32.2. The van der Waals surface area contributed by atoms with Crippen molar-refractivity contribution in [1.29, 1.82) is 0 Å². The Kier molecular flexibility index (Phi) is 5.20. The first kappa shape index (κ1) is 19.1. The van der Waals surface area contributed by atoms with Crippen LogP contribution in [0, 0.1) is 0 Å². The second-order valence-electron chi connectivity index (χ2n) is 6.35. The minimum Gasteiger partial charge on any atom is -0.368 e. The molecule has 0 atom stereocenters. The monoisotopic (exact) mass is 423 g/mol. The van der Waals surface area contributed by atoms with E-state index < -0.39 is 11.7 Å². The van der Waals surface area contributed by atoms with E-state index in [1.807, 2.05) is 33.4 Å². The van der Waals surface area contributed by atoms with Crippen LogP contribution in [0.1, 0.15) is 10.4 Å². The van der Waals surface area contributed by atoms with Crippen LogP contribution in [0.4, 0.5) is 18.9 Å². The normalized spacial score (nSPS) is 19.5. The molecule has 0 spiro atoms. The van der Waals surface area contributed by atoms with Crippen molar-refractivity contribution in [2.45, 2.75) is 6.18 Å². The minimum absolute atomic E-state index is 0.242. The molecule has 1 amide bonds. The number of amidine groups is 1. The topological polar surface area (TPSA) is 35.9 Å². The first-order valence-electron chi connectivity index (χ1n) is 8.63. The number of hydrogen-bond donors (Lipinski definition) is 0. The third kappa shape index (κ3) is 4.10. The summed E-state index contributed by atoms with van der Waals surface area (Å²) < 4.78 is 38.8. The fraction of sp³-hybridized carbons (Fsp3) is 0.263. The molecule has 9 heteroatoms. The molecule has 2 aliphatic rings. The highest BCUT2D eigenvalue weighted by Gasteiger charge is 2.32. The van der Waals surface area contributed by atoms with Crippen LogP contribution in [-0.2, 0) is 11.0 Å². The number of thiophene rings is 1. The highest BCUT2D eigenvalue weighted by molar-refractivity contribution is 8.18. The molecular formula is C19H16F3N3OS2. The van der Waals surface area contributed by atoms with Crippen LogP contribution in [0.15, 0.2) is 51.7 Å². The van der Waals surface area contributed by atoms with Gasteiger partial charge in [-0.15, -0.1) is 11.3 Å². The van der Waals surface area contributed by atoms with Gasteiger partial charge in [0.05, 0.1) is 10.5 Å². The lowest BCUT2D eigenvalue weighted by molar-refractivity contribution is -0.137. The van der Waals surface area contributed by atoms with Gasteiger partial charge in [0, 0.05) is 36.7 Å². The molecular weight excluding hydrogens is 407 g/mol. The Hall–Kier alpha value is -2.26. The third-order valence-electron chi connectivity index (χ3n) is 4.51. The number of carbonyl (C=O) groups excluding carboxylic acids is 1. The summed E-state index contributed by atoms with van der Waals surface area (Å²) in [7, 11) is 0. The van der Waals surface area contributed by atoms with Gasteiger partial charge in [0.1, 0.15) is 0 Å². The largest absolute Gasteiger partial charge is 0.416 e. The van der Waals surface area contributed by atoms with E-state index in [0.29, 0.717) is 41.9 Å². The number of benzene rings is 1. The Bertz CT molecular complexity index is 930. The van der Waals surface area contributed by atoms with Crippen molar-refractivity contribution in [3.05, 3.63) is 57.1 Å². The molecule has 2 aliphatic heterocycles. The van der Waals surface area contributed by atoms with Crippen molar-refractivity contribution in [3.63, 3.8) is 0 Å². The van der Waals surface area contributed by atoms with Crippen molar-refractivity contribution in [3.8, 4) is 0 Å². The molecule has 1 aromatic heterocycles. The number of piperazine rings is 1. The molecule has 0 N–H and O–H groups in total. The number of hydrogen-bond acceptors (Lipinski definition) is 5. The van der Waals surface area contributed by atoms with E-state index in [4.69, 9.17) is 0 Å². The Morgan fingerprint density at radius 1 is 1.04 bits per heavy atom. The number of anilines is 1. The number of aliphatic imine (C=N–C) groups is 1. The van der Waals surface area contributed by atoms with Gasteiger partial charge in [0.15, 0.2) is 5.17 Å². The number of rotatable bonds is 2. The summed E-state index contributed by atoms with van der Waals surface area (Å²) in [5.41, 5.74) is -0.0815. The minimum atomic E-state index is -4.35. The number of thioether (sulfide) groups is 1. The number of halogens is 3. The quantitative estimate of drug-likeness (QED) is 0.664. The van der Waals surface area contributed by atoms with Crippen molar-refractivity contribution < 1.29 is 18.0 Å². The van der Waals surface area contributed by atoms with Gasteiger partial charge in [-0.3, -0.25) is 4.79 Å². The number of carbonyl (C=O) groups is 1. The number of nitrogens with zero attached hydrogens (tertiary/aromatic N) is 3. The maximum atomic E-state index is 12.9. The van der Waals surface area contributed by atoms with Gasteiger partial charge in [0.25, 0.3) is 5.91 Å². The molecule has 2 aromatic rings. The molecule has 1 aromatic carbocycles. The summed E-state index contributed by atoms with van der Waals surface area (Å²) in [6.45, 7) is 2.33. The molecule has 4 rings (SSSR count). The Balaban J connectivity index is 1.40. The van der Waals surface area contributed by atoms with Gasteiger partial charge in [-0.25, -0.2) is 0 Å². The van der Waals surface area contributed by atoms with E-state index in [0.717, 1.165) is 10.9 Å². The van der Waals surface area contributed by atoms with E-state index in [9.17, 15) is 18.0 Å². The molecule has 0 bridgehead atoms. The van der Waals surface area contributed by atoms with Gasteiger partial charge in [-0.05, 0) is 47.5 Å². The first-order chi connectivity index (χ1) is 13.4. The first-order valence-corrected chi connectivity index (χ1v) is 10.3. The fourth-order valence-corrected chi connectivity index (χ4v) is 4.76. The smallest absolute Gasteiger partial charge is 0.368 e. The van der Waals surface area contributed by atoms with Crippen LogP contribution in [0.2, 0.25) is 0 Å². The van der Waals surface area contributed by atoms with Crippen LogP contribution in [-0.4, -0.2) is 42.2 Å². The van der Waals surface area contributed by atoms with Crippen molar-refractivity contribution in [2.75, 3.05) is 31.1 Å². The van der Waals surface area contributed by atoms with E-state index in [2.05, 4.69) is 4.99 Å². The lowest BCUT2D eigenvalue weighted by Gasteiger charge is -2.36. The highest BCUT2D eigenvalue weighted by Crippen LogP contribution is 2.33. The Morgan fingerprint density at radius 2 is 1.79 bits per heavy atom. The zero-order valence-corrected chi connectivity index (χ0v) is 16.3. The maximum absolute atomic E-state index is 12.9. The maximum Gasteiger partial charge on any atom is 0.416 e. The van der Waals surface area contributed by atoms with Crippen LogP contribution < -0.4 is 4.90 Å². The number of amides is 1. The summed E-state index contributed by atoms with van der Waals surface area (Å²) in [5.74, 6) is -0.242. The zero-order chi connectivity index (χ0) is 19.7. The molecule has 146 valence electrons. The van der Waals surface area contributed by atoms with Crippen molar-refractivity contribution in [1.82, 2.24) is 4.90 Å². The third-order valence-corrected chi connectivity index (χ3v) is 6.38. The van der Waals surface area contributed by atoms with E-state index in [1.54, 1.807) is 17.4 Å². The van der Waals surface area contributed by atoms with Crippen LogP contribution >= 0.6 is 23.1 Å². The molecule has 0 saturated carbocycles. The van der Waals surface area contributed by atoms with Gasteiger partial charge < -0.3 is 9.80 Å². The predicted octanol–water partition coefficient (Wildman–Crippen LogP) is 4.56. The SMILES string of the molecule is O=C1N=C(N2CCN(c3cccc(C(F)(F)F)c3)CC2)SC1=Cc1cccs1. The summed E-state index contributed by atoms with van der Waals surface area (Å²) in [4.78, 5) is 21.8. The average molecular weight is 423 g/mol. The van der Waals surface area contributed by atoms with Crippen molar-refractivity contribution >= 4 is 45.9 Å². The van der Waals surface area contributed by atoms with Gasteiger partial charge in [0.2, 0.25) is 0 Å². The van der Waals surface area contributed by atoms with Gasteiger partial charge >= 0.3 is 6.18 Å². The predicted molar refractivity (Wildman–Crippen MR) is 108 cm³/mol. The Morgan fingerprint density at radius 3 is 2.46 bits per heavy atom. The van der Waals surface area contributed by atoms with E-state index >= 15 is 0 Å². The molecule has 0 radical (unpaired) electrons. The van der Waals surface area contributed by atoms with Crippen LogP contribution in [0.25, 0.3) is 6.08 Å². The van der Waals surface area contributed by atoms with Crippen LogP contribution in [0.5, 0.6) is 0 Å². The molecule has 3 heterocycles.